The Kier molecular flexibility index (Phi) is 5.51. The van der Waals surface area contributed by atoms with Gasteiger partial charge >= 0.3 is 0 Å². The zero-order valence-electron chi connectivity index (χ0n) is 13.1. The molecule has 1 fully saturated rings. The first-order valence-electron chi connectivity index (χ1n) is 7.89. The number of thioether (sulfide) groups is 2. The molecule has 0 bridgehead atoms. The first kappa shape index (κ1) is 17.1. The Morgan fingerprint density at radius 1 is 1.22 bits per heavy atom. The first-order chi connectivity index (χ1) is 11.2. The van der Waals surface area contributed by atoms with Crippen LogP contribution in [0.15, 0.2) is 32.7 Å². The maximum Gasteiger partial charge on any atom is 0.266 e. The summed E-state index contributed by atoms with van der Waals surface area (Å²) in [6.45, 7) is 3.29. The van der Waals surface area contributed by atoms with Crippen LogP contribution >= 0.6 is 35.7 Å². The van der Waals surface area contributed by atoms with Crippen molar-refractivity contribution in [1.29, 1.82) is 0 Å². The number of carbonyl (C=O) groups is 1. The number of β-amino-alcohol motifs (C(OH)–C–C–N with tert-alkyl or cyclic N) is 1. The fourth-order valence-electron chi connectivity index (χ4n) is 2.97. The monoisotopic (exact) mass is 368 g/mol. The third-order valence-electron chi connectivity index (χ3n) is 4.10. The van der Waals surface area contributed by atoms with Crippen LogP contribution in [0.25, 0.3) is 0 Å². The zero-order chi connectivity index (χ0) is 16.4. The van der Waals surface area contributed by atoms with E-state index in [4.69, 9.17) is 12.2 Å². The van der Waals surface area contributed by atoms with E-state index in [2.05, 4.69) is 4.90 Å². The number of likely N-dealkylation sites (N-methyl/N-ethyl adjacent to an activating group) is 1. The van der Waals surface area contributed by atoms with Gasteiger partial charge in [-0.3, -0.25) is 9.69 Å². The molecule has 0 atom stereocenters. The van der Waals surface area contributed by atoms with Gasteiger partial charge in [0, 0.05) is 23.7 Å². The van der Waals surface area contributed by atoms with Crippen molar-refractivity contribution in [2.75, 3.05) is 19.7 Å². The standard InChI is InChI=1S/C16H20N2O2S3/c1-2-17-15(20)13(23-16(17)21)7-8-14-18(9-10-19)11-5-3-4-6-12(11)22-14/h7-8,19H,2-6,9-10H2,1H3. The van der Waals surface area contributed by atoms with E-state index < -0.39 is 0 Å². The quantitative estimate of drug-likeness (QED) is 0.606. The van der Waals surface area contributed by atoms with Gasteiger partial charge in [-0.15, -0.1) is 0 Å². The lowest BCUT2D eigenvalue weighted by atomic mass is 10.0. The Bertz CT molecular complexity index is 625. The molecule has 124 valence electrons. The molecule has 1 aliphatic carbocycles. The highest BCUT2D eigenvalue weighted by Gasteiger charge is 2.31. The fraction of sp³-hybridized carbons (Fsp3) is 0.500. The molecule has 0 saturated carbocycles. The van der Waals surface area contributed by atoms with Crippen molar-refractivity contribution in [2.24, 2.45) is 0 Å². The lowest BCUT2D eigenvalue weighted by molar-refractivity contribution is -0.122. The van der Waals surface area contributed by atoms with Gasteiger partial charge in [-0.25, -0.2) is 0 Å². The predicted octanol–water partition coefficient (Wildman–Crippen LogP) is 3.42. The summed E-state index contributed by atoms with van der Waals surface area (Å²) in [7, 11) is 0. The first-order valence-corrected chi connectivity index (χ1v) is 9.93. The molecule has 1 saturated heterocycles. The Balaban J connectivity index is 1.81. The van der Waals surface area contributed by atoms with E-state index in [0.717, 1.165) is 17.9 Å². The Morgan fingerprint density at radius 2 is 2.00 bits per heavy atom. The summed E-state index contributed by atoms with van der Waals surface area (Å²) in [5, 5.41) is 10.5. The molecule has 0 spiro atoms. The number of rotatable bonds is 4. The maximum absolute atomic E-state index is 12.3. The van der Waals surface area contributed by atoms with E-state index in [1.165, 1.54) is 35.2 Å². The fourth-order valence-corrected chi connectivity index (χ4v) is 5.58. The van der Waals surface area contributed by atoms with Crippen molar-refractivity contribution in [3.8, 4) is 0 Å². The van der Waals surface area contributed by atoms with Crippen LogP contribution in [0, 0.1) is 0 Å². The summed E-state index contributed by atoms with van der Waals surface area (Å²) in [6.07, 6.45) is 8.53. The van der Waals surface area contributed by atoms with E-state index >= 15 is 0 Å². The summed E-state index contributed by atoms with van der Waals surface area (Å²) in [5.74, 6) is -0.00576. The molecule has 7 heteroatoms. The van der Waals surface area contributed by atoms with E-state index in [0.29, 0.717) is 22.3 Å². The molecule has 2 heterocycles. The number of aliphatic hydroxyl groups is 1. The van der Waals surface area contributed by atoms with E-state index in [1.54, 1.807) is 16.7 Å². The van der Waals surface area contributed by atoms with Crippen LogP contribution < -0.4 is 0 Å². The highest BCUT2D eigenvalue weighted by Crippen LogP contribution is 2.47. The minimum atomic E-state index is -0.00576. The summed E-state index contributed by atoms with van der Waals surface area (Å²) >= 11 is 8.38. The lowest BCUT2D eigenvalue weighted by Crippen LogP contribution is -2.27. The van der Waals surface area contributed by atoms with Crippen LogP contribution in [0.1, 0.15) is 32.6 Å². The second-order valence-corrected chi connectivity index (χ2v) is 8.30. The normalized spacial score (nSPS) is 25.3. The highest BCUT2D eigenvalue weighted by atomic mass is 32.2. The average Bonchev–Trinajstić information content (AvgIpc) is 3.03. The third kappa shape index (κ3) is 3.38. The van der Waals surface area contributed by atoms with E-state index in [9.17, 15) is 9.90 Å². The minimum Gasteiger partial charge on any atom is -0.395 e. The summed E-state index contributed by atoms with van der Waals surface area (Å²) in [4.78, 5) is 18.2. The molecule has 0 aromatic rings. The molecule has 3 aliphatic rings. The van der Waals surface area contributed by atoms with Crippen LogP contribution in [0.2, 0.25) is 0 Å². The van der Waals surface area contributed by atoms with E-state index in [1.807, 2.05) is 19.1 Å². The molecular weight excluding hydrogens is 348 g/mol. The molecule has 23 heavy (non-hydrogen) atoms. The third-order valence-corrected chi connectivity index (χ3v) is 6.75. The van der Waals surface area contributed by atoms with Gasteiger partial charge in [0.05, 0.1) is 16.5 Å². The number of carbonyl (C=O) groups excluding carboxylic acids is 1. The summed E-state index contributed by atoms with van der Waals surface area (Å²) < 4.78 is 0.630. The van der Waals surface area contributed by atoms with Crippen LogP contribution in [-0.4, -0.2) is 44.8 Å². The number of aliphatic hydroxyl groups excluding tert-OH is 1. The molecule has 0 radical (unpaired) electrons. The van der Waals surface area contributed by atoms with Crippen molar-refractivity contribution in [1.82, 2.24) is 9.80 Å². The van der Waals surface area contributed by atoms with Crippen molar-refractivity contribution in [3.63, 3.8) is 0 Å². The largest absolute Gasteiger partial charge is 0.395 e. The second-order valence-electron chi connectivity index (χ2n) is 5.51. The highest BCUT2D eigenvalue weighted by molar-refractivity contribution is 8.26. The molecule has 0 aromatic heterocycles. The molecular formula is C16H20N2O2S3. The number of nitrogens with zero attached hydrogens (tertiary/aromatic N) is 2. The average molecular weight is 369 g/mol. The van der Waals surface area contributed by atoms with Gasteiger partial charge in [0.2, 0.25) is 0 Å². The predicted molar refractivity (Wildman–Crippen MR) is 101 cm³/mol. The Morgan fingerprint density at radius 3 is 2.70 bits per heavy atom. The number of thiocarbonyl (C=S) groups is 1. The van der Waals surface area contributed by atoms with Crippen molar-refractivity contribution in [2.45, 2.75) is 32.6 Å². The SMILES string of the molecule is CCN1C(=O)C(=CC=C2SC3=C(CCCC3)N2CCO)SC1=S. The van der Waals surface area contributed by atoms with Gasteiger partial charge in [-0.1, -0.05) is 35.7 Å². The number of hydrogen-bond donors (Lipinski definition) is 1. The van der Waals surface area contributed by atoms with Crippen molar-refractivity contribution in [3.05, 3.63) is 32.7 Å². The van der Waals surface area contributed by atoms with Crippen LogP contribution in [-0.2, 0) is 4.79 Å². The van der Waals surface area contributed by atoms with E-state index in [-0.39, 0.29) is 12.5 Å². The van der Waals surface area contributed by atoms with Gasteiger partial charge in [-0.05, 0) is 44.8 Å². The zero-order valence-corrected chi connectivity index (χ0v) is 15.5. The molecule has 4 nitrogen and oxygen atoms in total. The number of allylic oxidation sites excluding steroid dienone is 4. The topological polar surface area (TPSA) is 43.8 Å². The van der Waals surface area contributed by atoms with Crippen LogP contribution in [0.4, 0.5) is 0 Å². The van der Waals surface area contributed by atoms with Gasteiger partial charge in [0.15, 0.2) is 0 Å². The number of hydrogen-bond acceptors (Lipinski definition) is 6. The minimum absolute atomic E-state index is 0.00576. The molecule has 2 aliphatic heterocycles. The molecule has 1 amide bonds. The summed E-state index contributed by atoms with van der Waals surface area (Å²) in [5.41, 5.74) is 1.36. The van der Waals surface area contributed by atoms with Crippen molar-refractivity contribution >= 4 is 46.0 Å². The summed E-state index contributed by atoms with van der Waals surface area (Å²) in [6, 6.07) is 0. The molecule has 3 rings (SSSR count). The van der Waals surface area contributed by atoms with Gasteiger partial charge < -0.3 is 10.0 Å². The smallest absolute Gasteiger partial charge is 0.266 e. The van der Waals surface area contributed by atoms with Gasteiger partial charge in [0.25, 0.3) is 5.91 Å². The van der Waals surface area contributed by atoms with Crippen LogP contribution in [0.3, 0.4) is 0 Å². The van der Waals surface area contributed by atoms with Gasteiger partial charge in [0.1, 0.15) is 4.32 Å². The Hall–Kier alpha value is -0.760. The maximum atomic E-state index is 12.3. The molecule has 0 aromatic carbocycles. The number of amides is 1. The lowest BCUT2D eigenvalue weighted by Gasteiger charge is -2.23. The molecule has 1 N–H and O–H groups in total. The van der Waals surface area contributed by atoms with Gasteiger partial charge in [-0.2, -0.15) is 0 Å². The Labute approximate surface area is 150 Å². The second kappa shape index (κ2) is 7.42. The van der Waals surface area contributed by atoms with Crippen LogP contribution in [0.5, 0.6) is 0 Å². The molecule has 0 unspecified atom stereocenters. The van der Waals surface area contributed by atoms with Crippen molar-refractivity contribution < 1.29 is 9.90 Å².